The Labute approximate surface area is 147 Å². The van der Waals surface area contributed by atoms with Crippen LogP contribution in [0.1, 0.15) is 51.1 Å². The van der Waals surface area contributed by atoms with Crippen LogP contribution >= 0.6 is 0 Å². The molecule has 0 aromatic carbocycles. The summed E-state index contributed by atoms with van der Waals surface area (Å²) in [5.41, 5.74) is 6.82. The fourth-order valence-electron chi connectivity index (χ4n) is 3.64. The van der Waals surface area contributed by atoms with E-state index in [1.807, 2.05) is 11.8 Å². The minimum Gasteiger partial charge on any atom is -0.353 e. The largest absolute Gasteiger partial charge is 0.353 e. The molecule has 1 saturated carbocycles. The van der Waals surface area contributed by atoms with Gasteiger partial charge in [0.25, 0.3) is 5.92 Å². The lowest BCUT2D eigenvalue weighted by Gasteiger charge is -2.36. The summed E-state index contributed by atoms with van der Waals surface area (Å²) in [5, 5.41) is 11.8. The summed E-state index contributed by atoms with van der Waals surface area (Å²) >= 11 is 0. The van der Waals surface area contributed by atoms with Crippen LogP contribution in [0.4, 0.5) is 20.5 Å². The molecular weight excluding hydrogens is 326 g/mol. The van der Waals surface area contributed by atoms with E-state index in [0.29, 0.717) is 17.8 Å². The van der Waals surface area contributed by atoms with Crippen LogP contribution in [0.2, 0.25) is 0 Å². The molecule has 1 saturated heterocycles. The smallest absolute Gasteiger partial charge is 0.251 e. The van der Waals surface area contributed by atoms with Crippen molar-refractivity contribution in [2.45, 2.75) is 64.3 Å². The molecule has 2 aliphatic rings. The Hall–Kier alpha value is -1.57. The Balaban J connectivity index is 1.59. The van der Waals surface area contributed by atoms with Gasteiger partial charge in [-0.15, -0.1) is 10.2 Å². The highest BCUT2D eigenvalue weighted by Crippen LogP contribution is 2.35. The normalized spacial score (nSPS) is 29.5. The van der Waals surface area contributed by atoms with Crippen molar-refractivity contribution in [2.24, 2.45) is 11.1 Å². The van der Waals surface area contributed by atoms with Crippen molar-refractivity contribution < 1.29 is 8.78 Å². The van der Waals surface area contributed by atoms with E-state index in [9.17, 15) is 8.78 Å². The van der Waals surface area contributed by atoms with E-state index in [4.69, 9.17) is 5.73 Å². The second-order valence-electron chi connectivity index (χ2n) is 7.82. The lowest BCUT2D eigenvalue weighted by molar-refractivity contribution is -0.0222. The van der Waals surface area contributed by atoms with Crippen LogP contribution in [-0.2, 0) is 0 Å². The zero-order chi connectivity index (χ0) is 18.1. The number of aromatic nitrogens is 3. The summed E-state index contributed by atoms with van der Waals surface area (Å²) < 4.78 is 26.6. The number of nitrogens with one attached hydrogen (secondary N) is 1. The first kappa shape index (κ1) is 18.2. The van der Waals surface area contributed by atoms with Crippen molar-refractivity contribution in [3.05, 3.63) is 5.69 Å². The predicted octanol–water partition coefficient (Wildman–Crippen LogP) is 2.74. The molecule has 3 rings (SSSR count). The number of anilines is 2. The highest BCUT2D eigenvalue weighted by molar-refractivity contribution is 5.44. The van der Waals surface area contributed by atoms with Crippen molar-refractivity contribution in [1.82, 2.24) is 15.2 Å². The number of aryl methyl sites for hydroxylation is 1. The predicted molar refractivity (Wildman–Crippen MR) is 94.0 cm³/mol. The SMILES string of the molecule is Cc1nc(NC2CCC(C)(CN)CC2)nnc1N1CCC(F)(F)CC1. The maximum absolute atomic E-state index is 13.3. The van der Waals surface area contributed by atoms with Crippen LogP contribution in [-0.4, -0.2) is 46.8 Å². The van der Waals surface area contributed by atoms with Crippen molar-refractivity contribution in [3.63, 3.8) is 0 Å². The third kappa shape index (κ3) is 4.34. The second-order valence-corrected chi connectivity index (χ2v) is 7.82. The van der Waals surface area contributed by atoms with E-state index in [0.717, 1.165) is 37.9 Å². The second kappa shape index (κ2) is 6.97. The molecule has 1 aliphatic carbocycles. The fourth-order valence-corrected chi connectivity index (χ4v) is 3.64. The van der Waals surface area contributed by atoms with Crippen molar-refractivity contribution in [1.29, 1.82) is 0 Å². The molecular formula is C17H28F2N6. The Morgan fingerprint density at radius 2 is 1.80 bits per heavy atom. The average Bonchev–Trinajstić information content (AvgIpc) is 2.58. The first-order valence-electron chi connectivity index (χ1n) is 9.11. The van der Waals surface area contributed by atoms with E-state index in [2.05, 4.69) is 27.4 Å². The van der Waals surface area contributed by atoms with Crippen LogP contribution in [0.25, 0.3) is 0 Å². The van der Waals surface area contributed by atoms with Gasteiger partial charge >= 0.3 is 0 Å². The molecule has 0 bridgehead atoms. The number of hydrogen-bond donors (Lipinski definition) is 2. The van der Waals surface area contributed by atoms with E-state index in [1.54, 1.807) is 0 Å². The molecule has 0 unspecified atom stereocenters. The van der Waals surface area contributed by atoms with Crippen LogP contribution in [0, 0.1) is 12.3 Å². The first-order valence-corrected chi connectivity index (χ1v) is 9.11. The fraction of sp³-hybridized carbons (Fsp3) is 0.824. The topological polar surface area (TPSA) is 80.0 Å². The third-order valence-corrected chi connectivity index (χ3v) is 5.65. The summed E-state index contributed by atoms with van der Waals surface area (Å²) in [6.07, 6.45) is 3.98. The Morgan fingerprint density at radius 3 is 2.36 bits per heavy atom. The standard InChI is InChI=1S/C17H28F2N6/c1-12-14(25-9-7-17(18,19)8-10-25)23-24-15(21-12)22-13-3-5-16(2,11-20)6-4-13/h13H,3-11,20H2,1-2H3,(H,21,22,24). The molecule has 1 aromatic rings. The first-order chi connectivity index (χ1) is 11.8. The van der Waals surface area contributed by atoms with Gasteiger partial charge in [-0.1, -0.05) is 6.92 Å². The van der Waals surface area contributed by atoms with Crippen molar-refractivity contribution in [2.75, 3.05) is 29.9 Å². The van der Waals surface area contributed by atoms with Crippen LogP contribution in [0.3, 0.4) is 0 Å². The van der Waals surface area contributed by atoms with Gasteiger partial charge in [0.15, 0.2) is 5.82 Å². The highest BCUT2D eigenvalue weighted by Gasteiger charge is 2.35. The number of alkyl halides is 2. The molecule has 8 heteroatoms. The molecule has 25 heavy (non-hydrogen) atoms. The van der Waals surface area contributed by atoms with Gasteiger partial charge < -0.3 is 16.0 Å². The number of piperidine rings is 1. The summed E-state index contributed by atoms with van der Waals surface area (Å²) in [7, 11) is 0. The Morgan fingerprint density at radius 1 is 1.16 bits per heavy atom. The van der Waals surface area contributed by atoms with Crippen LogP contribution < -0.4 is 16.0 Å². The Bertz CT molecular complexity index is 591. The molecule has 0 amide bonds. The molecule has 0 spiro atoms. The van der Waals surface area contributed by atoms with Crippen molar-refractivity contribution in [3.8, 4) is 0 Å². The summed E-state index contributed by atoms with van der Waals surface area (Å²) in [5.74, 6) is -1.43. The van der Waals surface area contributed by atoms with E-state index < -0.39 is 5.92 Å². The molecule has 0 atom stereocenters. The lowest BCUT2D eigenvalue weighted by atomic mass is 9.74. The monoisotopic (exact) mass is 354 g/mol. The maximum atomic E-state index is 13.3. The molecule has 2 heterocycles. The van der Waals surface area contributed by atoms with Gasteiger partial charge in [-0.25, -0.2) is 13.8 Å². The van der Waals surface area contributed by atoms with Crippen LogP contribution in [0.5, 0.6) is 0 Å². The van der Waals surface area contributed by atoms with Gasteiger partial charge in [0, 0.05) is 32.0 Å². The molecule has 3 N–H and O–H groups in total. The van der Waals surface area contributed by atoms with Gasteiger partial charge in [-0.05, 0) is 44.6 Å². The van der Waals surface area contributed by atoms with E-state index in [1.165, 1.54) is 0 Å². The number of nitrogens with two attached hydrogens (primary N) is 1. The molecule has 0 radical (unpaired) electrons. The van der Waals surface area contributed by atoms with Gasteiger partial charge in [-0.3, -0.25) is 0 Å². The minimum absolute atomic E-state index is 0.143. The van der Waals surface area contributed by atoms with E-state index >= 15 is 0 Å². The maximum Gasteiger partial charge on any atom is 0.251 e. The number of rotatable bonds is 4. The quantitative estimate of drug-likeness (QED) is 0.865. The summed E-state index contributed by atoms with van der Waals surface area (Å²) in [4.78, 5) is 6.35. The molecule has 6 nitrogen and oxygen atoms in total. The van der Waals surface area contributed by atoms with Gasteiger partial charge in [0.2, 0.25) is 5.95 Å². The Kier molecular flexibility index (Phi) is 5.09. The van der Waals surface area contributed by atoms with Gasteiger partial charge in [-0.2, -0.15) is 0 Å². The number of hydrogen-bond acceptors (Lipinski definition) is 6. The minimum atomic E-state index is -2.56. The summed E-state index contributed by atoms with van der Waals surface area (Å²) in [6.45, 7) is 5.39. The summed E-state index contributed by atoms with van der Waals surface area (Å²) in [6, 6.07) is 0.334. The van der Waals surface area contributed by atoms with Gasteiger partial charge in [0.05, 0.1) is 5.69 Å². The molecule has 140 valence electrons. The van der Waals surface area contributed by atoms with Crippen molar-refractivity contribution >= 4 is 11.8 Å². The molecule has 2 fully saturated rings. The van der Waals surface area contributed by atoms with Gasteiger partial charge in [0.1, 0.15) is 0 Å². The zero-order valence-corrected chi connectivity index (χ0v) is 15.1. The molecule has 1 aliphatic heterocycles. The lowest BCUT2D eigenvalue weighted by Crippen LogP contribution is -2.40. The molecule has 1 aromatic heterocycles. The number of nitrogens with zero attached hydrogens (tertiary/aromatic N) is 4. The van der Waals surface area contributed by atoms with E-state index in [-0.39, 0.29) is 31.3 Å². The van der Waals surface area contributed by atoms with Crippen LogP contribution in [0.15, 0.2) is 0 Å². The average molecular weight is 354 g/mol. The number of halogens is 2. The highest BCUT2D eigenvalue weighted by atomic mass is 19.3. The third-order valence-electron chi connectivity index (χ3n) is 5.65. The zero-order valence-electron chi connectivity index (χ0n) is 15.1.